The van der Waals surface area contributed by atoms with E-state index in [1.54, 1.807) is 0 Å². The van der Waals surface area contributed by atoms with Crippen molar-refractivity contribution < 1.29 is 49.3 Å². The van der Waals surface area contributed by atoms with Crippen molar-refractivity contribution in [3.63, 3.8) is 0 Å². The van der Waals surface area contributed by atoms with E-state index in [1.807, 2.05) is 0 Å². The Morgan fingerprint density at radius 2 is 1.41 bits per heavy atom. The molecule has 3 nitrogen and oxygen atoms in total. The van der Waals surface area contributed by atoms with Crippen molar-refractivity contribution in [2.24, 2.45) is 5.92 Å². The van der Waals surface area contributed by atoms with E-state index in [1.165, 1.54) is 0 Å². The van der Waals surface area contributed by atoms with Crippen LogP contribution in [0.4, 0.5) is 35.1 Å². The van der Waals surface area contributed by atoms with Gasteiger partial charge in [-0.25, -0.2) is 26.3 Å². The van der Waals surface area contributed by atoms with Crippen LogP contribution in [0.2, 0.25) is 0 Å². The molecule has 1 aliphatic rings. The SMILES string of the molecule is CCCCCC1COC(c2cc(F)c(C(F)(F)Oc3ccc(-c4cc(F)c(F)c(F)c4)c(F)c3)c(F)c2)OC1. The Balaban J connectivity index is 1.49. The predicted molar refractivity (Wildman–Crippen MR) is 125 cm³/mol. The second-order valence-electron chi connectivity index (χ2n) is 9.23. The van der Waals surface area contributed by atoms with E-state index in [9.17, 15) is 35.1 Å². The number of benzene rings is 3. The molecule has 1 aliphatic heterocycles. The van der Waals surface area contributed by atoms with Crippen molar-refractivity contribution in [3.8, 4) is 16.9 Å². The zero-order valence-electron chi connectivity index (χ0n) is 20.7. The summed E-state index contributed by atoms with van der Waals surface area (Å²) in [6.07, 6.45) is -1.75. The lowest BCUT2D eigenvalue weighted by molar-refractivity contribution is -0.206. The van der Waals surface area contributed by atoms with Gasteiger partial charge in [-0.3, -0.25) is 0 Å². The van der Waals surface area contributed by atoms with E-state index in [4.69, 9.17) is 9.47 Å². The molecule has 0 spiro atoms. The minimum atomic E-state index is -4.58. The standard InChI is InChI=1S/C28H24F8O3/c1-2-3-4-5-15-13-37-27(38-14-15)17-10-21(30)25(22(31)11-17)28(35,36)39-18-6-7-19(20(29)12-18)16-8-23(32)26(34)24(33)9-16/h6-12,15,27H,2-5,13-14H2,1H3. The van der Waals surface area contributed by atoms with E-state index in [0.29, 0.717) is 30.3 Å². The lowest BCUT2D eigenvalue weighted by Gasteiger charge is -2.30. The molecule has 1 fully saturated rings. The molecule has 3 aromatic rings. The van der Waals surface area contributed by atoms with Gasteiger partial charge in [-0.05, 0) is 48.4 Å². The van der Waals surface area contributed by atoms with Crippen molar-refractivity contribution in [1.29, 1.82) is 0 Å². The molecule has 0 amide bonds. The molecule has 1 heterocycles. The van der Waals surface area contributed by atoms with Gasteiger partial charge < -0.3 is 14.2 Å². The topological polar surface area (TPSA) is 27.7 Å². The van der Waals surface area contributed by atoms with Crippen LogP contribution in [0.25, 0.3) is 11.1 Å². The van der Waals surface area contributed by atoms with Crippen molar-refractivity contribution in [3.05, 3.63) is 88.5 Å². The van der Waals surface area contributed by atoms with Crippen LogP contribution < -0.4 is 4.74 Å². The Bertz CT molecular complexity index is 1280. The molecule has 0 aliphatic carbocycles. The van der Waals surface area contributed by atoms with Gasteiger partial charge in [0.25, 0.3) is 0 Å². The summed E-state index contributed by atoms with van der Waals surface area (Å²) in [6, 6.07) is 4.42. The molecular formula is C28H24F8O3. The molecule has 0 N–H and O–H groups in total. The van der Waals surface area contributed by atoms with E-state index in [-0.39, 0.29) is 24.7 Å². The first-order valence-corrected chi connectivity index (χ1v) is 12.2. The maximum Gasteiger partial charge on any atom is 0.432 e. The van der Waals surface area contributed by atoms with Crippen LogP contribution in [0.1, 0.15) is 50.0 Å². The van der Waals surface area contributed by atoms with E-state index in [0.717, 1.165) is 37.8 Å². The normalized spacial score (nSPS) is 17.9. The molecule has 0 saturated carbocycles. The molecule has 11 heteroatoms. The Kier molecular flexibility index (Phi) is 8.80. The van der Waals surface area contributed by atoms with Gasteiger partial charge in [-0.2, -0.15) is 8.78 Å². The molecule has 0 atom stereocenters. The van der Waals surface area contributed by atoms with Crippen LogP contribution in [0.15, 0.2) is 42.5 Å². The summed E-state index contributed by atoms with van der Waals surface area (Å²) in [7, 11) is 0. The average molecular weight is 560 g/mol. The van der Waals surface area contributed by atoms with E-state index >= 15 is 0 Å². The van der Waals surface area contributed by atoms with Crippen molar-refractivity contribution in [1.82, 2.24) is 0 Å². The summed E-state index contributed by atoms with van der Waals surface area (Å²) in [6.45, 7) is 2.65. The smallest absolute Gasteiger partial charge is 0.429 e. The van der Waals surface area contributed by atoms with Gasteiger partial charge in [0, 0.05) is 23.1 Å². The second kappa shape index (κ2) is 11.9. The van der Waals surface area contributed by atoms with Crippen molar-refractivity contribution in [2.45, 2.75) is 45.0 Å². The first-order chi connectivity index (χ1) is 18.5. The number of unbranched alkanes of at least 4 members (excludes halogenated alkanes) is 2. The highest BCUT2D eigenvalue weighted by Crippen LogP contribution is 2.38. The van der Waals surface area contributed by atoms with Crippen LogP contribution in [-0.2, 0) is 15.6 Å². The minimum Gasteiger partial charge on any atom is -0.429 e. The fourth-order valence-corrected chi connectivity index (χ4v) is 4.30. The first kappa shape index (κ1) is 28.8. The molecule has 39 heavy (non-hydrogen) atoms. The van der Waals surface area contributed by atoms with Gasteiger partial charge in [-0.1, -0.05) is 26.2 Å². The van der Waals surface area contributed by atoms with E-state index in [2.05, 4.69) is 11.7 Å². The maximum absolute atomic E-state index is 14.8. The monoisotopic (exact) mass is 560 g/mol. The summed E-state index contributed by atoms with van der Waals surface area (Å²) < 4.78 is 129. The third-order valence-corrected chi connectivity index (χ3v) is 6.29. The molecule has 0 aromatic heterocycles. The van der Waals surface area contributed by atoms with Gasteiger partial charge in [0.05, 0.1) is 13.2 Å². The number of rotatable bonds is 9. The number of alkyl halides is 2. The highest BCUT2D eigenvalue weighted by atomic mass is 19.3. The van der Waals surface area contributed by atoms with Gasteiger partial charge in [0.15, 0.2) is 23.7 Å². The van der Waals surface area contributed by atoms with Gasteiger partial charge in [-0.15, -0.1) is 0 Å². The summed E-state index contributed by atoms with van der Waals surface area (Å²) in [5, 5.41) is 0. The van der Waals surface area contributed by atoms with E-state index < -0.39 is 69.7 Å². The minimum absolute atomic E-state index is 0.118. The molecule has 0 bridgehead atoms. The Hall–Kier alpha value is -3.18. The van der Waals surface area contributed by atoms with Crippen molar-refractivity contribution >= 4 is 0 Å². The predicted octanol–water partition coefficient (Wildman–Crippen LogP) is 8.56. The largest absolute Gasteiger partial charge is 0.432 e. The fourth-order valence-electron chi connectivity index (χ4n) is 4.30. The molecule has 0 unspecified atom stereocenters. The van der Waals surface area contributed by atoms with Gasteiger partial charge in [0.1, 0.15) is 28.8 Å². The maximum atomic E-state index is 14.8. The van der Waals surface area contributed by atoms with Gasteiger partial charge in [0.2, 0.25) is 0 Å². The molecule has 3 aromatic carbocycles. The third kappa shape index (κ3) is 6.52. The Morgan fingerprint density at radius 3 is 1.97 bits per heavy atom. The lowest BCUT2D eigenvalue weighted by atomic mass is 10.0. The number of hydrogen-bond donors (Lipinski definition) is 0. The van der Waals surface area contributed by atoms with Gasteiger partial charge >= 0.3 is 6.11 Å². The summed E-state index contributed by atoms with van der Waals surface area (Å²) >= 11 is 0. The Labute approximate surface area is 219 Å². The zero-order valence-corrected chi connectivity index (χ0v) is 20.7. The molecule has 1 saturated heterocycles. The number of halogens is 8. The van der Waals surface area contributed by atoms with Crippen LogP contribution >= 0.6 is 0 Å². The molecule has 210 valence electrons. The Morgan fingerprint density at radius 1 is 0.795 bits per heavy atom. The fraction of sp³-hybridized carbons (Fsp3) is 0.357. The van der Waals surface area contributed by atoms with Crippen LogP contribution in [0.5, 0.6) is 5.75 Å². The molecule has 4 rings (SSSR count). The average Bonchev–Trinajstić information content (AvgIpc) is 2.87. The molecular weight excluding hydrogens is 536 g/mol. The molecule has 0 radical (unpaired) electrons. The van der Waals surface area contributed by atoms with Crippen LogP contribution in [-0.4, -0.2) is 13.2 Å². The summed E-state index contributed by atoms with van der Waals surface area (Å²) in [5.74, 6) is -10.2. The lowest BCUT2D eigenvalue weighted by Crippen LogP contribution is -2.28. The zero-order chi connectivity index (χ0) is 28.3. The second-order valence-corrected chi connectivity index (χ2v) is 9.23. The summed E-state index contributed by atoms with van der Waals surface area (Å²) in [4.78, 5) is 0. The highest BCUT2D eigenvalue weighted by Gasteiger charge is 2.42. The number of ether oxygens (including phenoxy) is 3. The van der Waals surface area contributed by atoms with Crippen LogP contribution in [0.3, 0.4) is 0 Å². The first-order valence-electron chi connectivity index (χ1n) is 12.2. The summed E-state index contributed by atoms with van der Waals surface area (Å²) in [5.41, 5.74) is -2.71. The van der Waals surface area contributed by atoms with Crippen molar-refractivity contribution in [2.75, 3.05) is 13.2 Å². The highest BCUT2D eigenvalue weighted by molar-refractivity contribution is 5.65. The third-order valence-electron chi connectivity index (χ3n) is 6.29. The van der Waals surface area contributed by atoms with Crippen LogP contribution in [0, 0.1) is 40.8 Å². The quantitative estimate of drug-likeness (QED) is 0.149. The number of hydrogen-bond acceptors (Lipinski definition) is 3.